The van der Waals surface area contributed by atoms with E-state index in [1.165, 1.54) is 9.13 Å². The van der Waals surface area contributed by atoms with Gasteiger partial charge in [-0.2, -0.15) is 9.40 Å². The van der Waals surface area contributed by atoms with Crippen LogP contribution in [0.2, 0.25) is 0 Å². The second-order valence-corrected chi connectivity index (χ2v) is 9.50. The molecule has 0 atom stereocenters. The monoisotopic (exact) mass is 403 g/mol. The molecule has 1 fully saturated rings. The molecule has 0 N–H and O–H groups in total. The molecule has 0 unspecified atom stereocenters. The molecule has 1 aliphatic rings. The highest BCUT2D eigenvalue weighted by Crippen LogP contribution is 2.35. The summed E-state index contributed by atoms with van der Waals surface area (Å²) in [5.41, 5.74) is 3.92. The lowest BCUT2D eigenvalue weighted by molar-refractivity contribution is 0.397. The van der Waals surface area contributed by atoms with Crippen molar-refractivity contribution >= 4 is 21.1 Å². The van der Waals surface area contributed by atoms with Crippen molar-refractivity contribution < 1.29 is 8.42 Å². The normalized spacial score (nSPS) is 15.1. The molecule has 0 spiro atoms. The fourth-order valence-electron chi connectivity index (χ4n) is 3.76. The predicted octanol–water partition coefficient (Wildman–Crippen LogP) is 1.58. The Morgan fingerprint density at radius 1 is 1.11 bits per heavy atom. The summed E-state index contributed by atoms with van der Waals surface area (Å²) in [7, 11) is 1.50. The third-order valence-electron chi connectivity index (χ3n) is 5.78. The molecular weight excluding hydrogens is 378 g/mol. The Bertz CT molecular complexity index is 1240. The smallest absolute Gasteiger partial charge is 0.295 e. The standard InChI is InChI=1S/C19H25N5O3S/c1-12-16(13(2)23(5)20-12)11-24(14-6-7-14)28(26,27)15-8-9-17-18(10-15)22(4)19(25)21(17)3/h8-10,14H,6-7,11H2,1-5H3. The van der Waals surface area contributed by atoms with Crippen LogP contribution in [0.1, 0.15) is 29.8 Å². The van der Waals surface area contributed by atoms with E-state index >= 15 is 0 Å². The minimum absolute atomic E-state index is 0.0132. The Hall–Kier alpha value is -2.39. The van der Waals surface area contributed by atoms with E-state index < -0.39 is 10.0 Å². The topological polar surface area (TPSA) is 82.1 Å². The van der Waals surface area contributed by atoms with E-state index in [4.69, 9.17) is 0 Å². The first-order valence-corrected chi connectivity index (χ1v) is 10.7. The Kier molecular flexibility index (Phi) is 4.27. The van der Waals surface area contributed by atoms with E-state index in [-0.39, 0.29) is 16.6 Å². The summed E-state index contributed by atoms with van der Waals surface area (Å²) in [6.45, 7) is 4.18. The van der Waals surface area contributed by atoms with Gasteiger partial charge in [-0.05, 0) is 44.9 Å². The largest absolute Gasteiger partial charge is 0.328 e. The molecule has 0 saturated heterocycles. The number of hydrogen-bond acceptors (Lipinski definition) is 4. The number of aromatic nitrogens is 4. The van der Waals surface area contributed by atoms with E-state index in [2.05, 4.69) is 5.10 Å². The van der Waals surface area contributed by atoms with Crippen LogP contribution in [-0.2, 0) is 37.7 Å². The Morgan fingerprint density at radius 3 is 2.32 bits per heavy atom. The zero-order valence-corrected chi connectivity index (χ0v) is 17.6. The van der Waals surface area contributed by atoms with Crippen molar-refractivity contribution in [2.24, 2.45) is 21.1 Å². The van der Waals surface area contributed by atoms with Crippen LogP contribution >= 0.6 is 0 Å². The number of imidazole rings is 1. The fraction of sp³-hybridized carbons (Fsp3) is 0.474. The molecule has 2 aromatic heterocycles. The van der Waals surface area contributed by atoms with E-state index in [1.807, 2.05) is 20.9 Å². The molecule has 9 heteroatoms. The van der Waals surface area contributed by atoms with Crippen LogP contribution in [0.3, 0.4) is 0 Å². The second-order valence-electron chi connectivity index (χ2n) is 7.61. The van der Waals surface area contributed by atoms with Crippen LogP contribution in [0.15, 0.2) is 27.9 Å². The molecule has 150 valence electrons. The van der Waals surface area contributed by atoms with Crippen LogP contribution in [-0.4, -0.2) is 37.7 Å². The molecule has 1 saturated carbocycles. The number of hydrogen-bond donors (Lipinski definition) is 0. The molecule has 0 bridgehead atoms. The van der Waals surface area contributed by atoms with E-state index in [1.54, 1.807) is 41.3 Å². The first-order valence-electron chi connectivity index (χ1n) is 9.29. The third kappa shape index (κ3) is 2.80. The van der Waals surface area contributed by atoms with Gasteiger partial charge in [0.25, 0.3) is 0 Å². The average molecular weight is 404 g/mol. The molecule has 3 aromatic rings. The maximum atomic E-state index is 13.5. The lowest BCUT2D eigenvalue weighted by Gasteiger charge is -2.22. The molecule has 2 heterocycles. The molecule has 0 amide bonds. The highest BCUT2D eigenvalue weighted by molar-refractivity contribution is 7.89. The number of sulfonamides is 1. The highest BCUT2D eigenvalue weighted by Gasteiger charge is 2.39. The Balaban J connectivity index is 1.79. The van der Waals surface area contributed by atoms with Gasteiger partial charge in [0, 0.05) is 45.0 Å². The summed E-state index contributed by atoms with van der Waals surface area (Å²) < 4.78 is 33.4. The number of rotatable bonds is 5. The fourth-order valence-corrected chi connectivity index (χ4v) is 5.43. The molecule has 0 radical (unpaired) electrons. The summed E-state index contributed by atoms with van der Waals surface area (Å²) in [6, 6.07) is 4.91. The van der Waals surface area contributed by atoms with Crippen molar-refractivity contribution in [3.8, 4) is 0 Å². The average Bonchev–Trinajstić information content (AvgIpc) is 3.43. The van der Waals surface area contributed by atoms with Gasteiger partial charge in [0.2, 0.25) is 10.0 Å². The van der Waals surface area contributed by atoms with Crippen molar-refractivity contribution in [1.82, 2.24) is 23.2 Å². The van der Waals surface area contributed by atoms with Crippen molar-refractivity contribution in [2.45, 2.75) is 44.2 Å². The zero-order valence-electron chi connectivity index (χ0n) is 16.8. The minimum Gasteiger partial charge on any atom is -0.295 e. The molecular formula is C19H25N5O3S. The third-order valence-corrected chi connectivity index (χ3v) is 7.67. The van der Waals surface area contributed by atoms with Gasteiger partial charge in [-0.25, -0.2) is 13.2 Å². The number of aryl methyl sites for hydroxylation is 4. The number of benzene rings is 1. The van der Waals surface area contributed by atoms with Gasteiger partial charge in [0.1, 0.15) is 0 Å². The zero-order chi connectivity index (χ0) is 20.4. The quantitative estimate of drug-likeness (QED) is 0.648. The van der Waals surface area contributed by atoms with E-state index in [9.17, 15) is 13.2 Å². The van der Waals surface area contributed by atoms with Gasteiger partial charge in [-0.15, -0.1) is 0 Å². The van der Waals surface area contributed by atoms with Crippen molar-refractivity contribution in [2.75, 3.05) is 0 Å². The van der Waals surface area contributed by atoms with E-state index in [0.717, 1.165) is 29.8 Å². The molecule has 8 nitrogen and oxygen atoms in total. The lowest BCUT2D eigenvalue weighted by Crippen LogP contribution is -2.33. The van der Waals surface area contributed by atoms with Crippen LogP contribution in [0.4, 0.5) is 0 Å². The number of fused-ring (bicyclic) bond motifs is 1. The van der Waals surface area contributed by atoms with Crippen molar-refractivity contribution in [3.05, 3.63) is 45.6 Å². The van der Waals surface area contributed by atoms with Crippen LogP contribution < -0.4 is 5.69 Å². The summed E-state index contributed by atoms with van der Waals surface area (Å²) in [4.78, 5) is 12.4. The van der Waals surface area contributed by atoms with Gasteiger partial charge in [-0.3, -0.25) is 13.8 Å². The molecule has 1 aromatic carbocycles. The molecule has 4 rings (SSSR count). The van der Waals surface area contributed by atoms with Crippen molar-refractivity contribution in [3.63, 3.8) is 0 Å². The summed E-state index contributed by atoms with van der Waals surface area (Å²) in [5, 5.41) is 4.42. The highest BCUT2D eigenvalue weighted by atomic mass is 32.2. The predicted molar refractivity (Wildman–Crippen MR) is 107 cm³/mol. The Labute approximate surface area is 164 Å². The van der Waals surface area contributed by atoms with Gasteiger partial charge in [0.15, 0.2) is 0 Å². The first-order chi connectivity index (χ1) is 13.1. The van der Waals surface area contributed by atoms with Gasteiger partial charge >= 0.3 is 5.69 Å². The van der Waals surface area contributed by atoms with E-state index in [0.29, 0.717) is 17.6 Å². The summed E-state index contributed by atoms with van der Waals surface area (Å²) in [6.07, 6.45) is 1.73. The molecule has 0 aliphatic heterocycles. The van der Waals surface area contributed by atoms with Gasteiger partial charge < -0.3 is 0 Å². The Morgan fingerprint density at radius 2 is 1.75 bits per heavy atom. The van der Waals surface area contributed by atoms with Gasteiger partial charge in [0.05, 0.1) is 21.6 Å². The molecule has 1 aliphatic carbocycles. The number of nitrogens with zero attached hydrogens (tertiary/aromatic N) is 5. The summed E-state index contributed by atoms with van der Waals surface area (Å²) in [5.74, 6) is 0. The molecule has 28 heavy (non-hydrogen) atoms. The SMILES string of the molecule is Cc1nn(C)c(C)c1CN(C1CC1)S(=O)(=O)c1ccc2c(c1)n(C)c(=O)n2C. The minimum atomic E-state index is -3.70. The van der Waals surface area contributed by atoms with Crippen LogP contribution in [0, 0.1) is 13.8 Å². The van der Waals surface area contributed by atoms with Crippen molar-refractivity contribution in [1.29, 1.82) is 0 Å². The maximum absolute atomic E-state index is 13.5. The first kappa shape index (κ1) is 18.9. The maximum Gasteiger partial charge on any atom is 0.328 e. The second kappa shape index (κ2) is 6.31. The van der Waals surface area contributed by atoms with Gasteiger partial charge in [-0.1, -0.05) is 0 Å². The summed E-state index contributed by atoms with van der Waals surface area (Å²) >= 11 is 0. The lowest BCUT2D eigenvalue weighted by atomic mass is 10.2. The van der Waals surface area contributed by atoms with Crippen LogP contribution in [0.25, 0.3) is 11.0 Å². The van der Waals surface area contributed by atoms with Crippen LogP contribution in [0.5, 0.6) is 0 Å².